The van der Waals surface area contributed by atoms with Gasteiger partial charge in [0.05, 0.1) is 12.6 Å². The van der Waals surface area contributed by atoms with Crippen molar-refractivity contribution >= 4 is 11.7 Å². The van der Waals surface area contributed by atoms with Crippen molar-refractivity contribution in [2.45, 2.75) is 19.6 Å². The lowest BCUT2D eigenvalue weighted by atomic mass is 10.3. The van der Waals surface area contributed by atoms with Crippen LogP contribution in [0.2, 0.25) is 0 Å². The molecule has 1 unspecified atom stereocenters. The van der Waals surface area contributed by atoms with Crippen LogP contribution in [0.25, 0.3) is 0 Å². The predicted molar refractivity (Wildman–Crippen MR) is 66.4 cm³/mol. The van der Waals surface area contributed by atoms with Crippen LogP contribution in [-0.2, 0) is 0 Å². The van der Waals surface area contributed by atoms with Gasteiger partial charge in [-0.15, -0.1) is 0 Å². The number of anilines is 1. The molecule has 0 heterocycles. The summed E-state index contributed by atoms with van der Waals surface area (Å²) in [5.41, 5.74) is 0.0890. The van der Waals surface area contributed by atoms with E-state index in [2.05, 4.69) is 10.1 Å². The third-order valence-corrected chi connectivity index (χ3v) is 2.64. The van der Waals surface area contributed by atoms with Crippen LogP contribution in [0.4, 0.5) is 23.7 Å². The molecule has 0 fully saturated rings. The van der Waals surface area contributed by atoms with Gasteiger partial charge in [-0.05, 0) is 19.1 Å². The fourth-order valence-electron chi connectivity index (χ4n) is 1.30. The van der Waals surface area contributed by atoms with Gasteiger partial charge in [-0.25, -0.2) is 9.18 Å². The molecule has 0 saturated heterocycles. The number of rotatable bonds is 5. The highest BCUT2D eigenvalue weighted by Crippen LogP contribution is 2.23. The van der Waals surface area contributed by atoms with Gasteiger partial charge in [-0.3, -0.25) is 0 Å². The number of aliphatic hydroxyl groups excluding tert-OH is 1. The standard InChI is InChI=1S/C12H15F3N2O3/c1-7(6-18)17(2)12(19)16-8-3-4-10(9(13)5-8)20-11(14)15/h3-5,7,11,18H,6H2,1-2H3,(H,16,19). The van der Waals surface area contributed by atoms with E-state index in [1.54, 1.807) is 6.92 Å². The molecule has 0 bridgehead atoms. The van der Waals surface area contributed by atoms with Gasteiger partial charge in [-0.2, -0.15) is 8.78 Å². The maximum absolute atomic E-state index is 13.4. The molecule has 1 aromatic carbocycles. The largest absolute Gasteiger partial charge is 0.432 e. The highest BCUT2D eigenvalue weighted by Gasteiger charge is 2.16. The number of carbonyl (C=O) groups is 1. The molecule has 0 aliphatic carbocycles. The number of alkyl halides is 2. The Morgan fingerprint density at radius 3 is 2.65 bits per heavy atom. The summed E-state index contributed by atoms with van der Waals surface area (Å²) >= 11 is 0. The summed E-state index contributed by atoms with van der Waals surface area (Å²) in [7, 11) is 1.46. The summed E-state index contributed by atoms with van der Waals surface area (Å²) in [6.45, 7) is -1.72. The Hall–Kier alpha value is -1.96. The maximum atomic E-state index is 13.4. The van der Waals surface area contributed by atoms with Crippen LogP contribution in [0.5, 0.6) is 5.75 Å². The van der Waals surface area contributed by atoms with Crippen LogP contribution >= 0.6 is 0 Å². The Bertz CT molecular complexity index is 471. The number of halogens is 3. The molecule has 0 radical (unpaired) electrons. The van der Waals surface area contributed by atoms with Gasteiger partial charge in [0.25, 0.3) is 0 Å². The summed E-state index contributed by atoms with van der Waals surface area (Å²) in [5.74, 6) is -1.61. The van der Waals surface area contributed by atoms with Gasteiger partial charge >= 0.3 is 12.6 Å². The Morgan fingerprint density at radius 2 is 2.15 bits per heavy atom. The van der Waals surface area contributed by atoms with Crippen LogP contribution in [0.15, 0.2) is 18.2 Å². The van der Waals surface area contributed by atoms with Gasteiger partial charge in [0.15, 0.2) is 11.6 Å². The number of nitrogens with zero attached hydrogens (tertiary/aromatic N) is 1. The zero-order valence-electron chi connectivity index (χ0n) is 10.9. The first-order chi connectivity index (χ1) is 9.35. The van der Waals surface area contributed by atoms with E-state index in [1.165, 1.54) is 18.0 Å². The normalized spacial score (nSPS) is 12.2. The molecule has 112 valence electrons. The van der Waals surface area contributed by atoms with E-state index < -0.39 is 30.3 Å². The van der Waals surface area contributed by atoms with Crippen LogP contribution in [0.3, 0.4) is 0 Å². The van der Waals surface area contributed by atoms with Crippen molar-refractivity contribution in [1.29, 1.82) is 0 Å². The van der Waals surface area contributed by atoms with E-state index in [0.29, 0.717) is 0 Å². The van der Waals surface area contributed by atoms with Crippen LogP contribution in [0.1, 0.15) is 6.92 Å². The number of carbonyl (C=O) groups excluding carboxylic acids is 1. The Balaban J connectivity index is 2.74. The molecule has 0 aliphatic heterocycles. The molecule has 0 aromatic heterocycles. The molecule has 0 aliphatic rings. The maximum Gasteiger partial charge on any atom is 0.387 e. The van der Waals surface area contributed by atoms with E-state index in [4.69, 9.17) is 5.11 Å². The van der Waals surface area contributed by atoms with Crippen molar-refractivity contribution in [3.8, 4) is 5.75 Å². The first-order valence-electron chi connectivity index (χ1n) is 5.74. The minimum Gasteiger partial charge on any atom is -0.432 e. The molecule has 5 nitrogen and oxygen atoms in total. The molecule has 1 rings (SSSR count). The number of urea groups is 1. The average molecular weight is 292 g/mol. The van der Waals surface area contributed by atoms with E-state index in [-0.39, 0.29) is 12.3 Å². The van der Waals surface area contributed by atoms with Crippen molar-refractivity contribution in [3.05, 3.63) is 24.0 Å². The number of benzene rings is 1. The molecule has 0 saturated carbocycles. The second-order valence-electron chi connectivity index (χ2n) is 4.10. The fourth-order valence-corrected chi connectivity index (χ4v) is 1.30. The highest BCUT2D eigenvalue weighted by atomic mass is 19.3. The van der Waals surface area contributed by atoms with E-state index >= 15 is 0 Å². The Morgan fingerprint density at radius 1 is 1.50 bits per heavy atom. The number of aliphatic hydroxyl groups is 1. The summed E-state index contributed by atoms with van der Waals surface area (Å²) in [6, 6.07) is 2.12. The number of likely N-dealkylation sites (N-methyl/N-ethyl adjacent to an activating group) is 1. The minimum absolute atomic E-state index is 0.0890. The monoisotopic (exact) mass is 292 g/mol. The molecular weight excluding hydrogens is 277 g/mol. The highest BCUT2D eigenvalue weighted by molar-refractivity contribution is 5.89. The van der Waals surface area contributed by atoms with E-state index in [9.17, 15) is 18.0 Å². The molecular formula is C12H15F3N2O3. The summed E-state index contributed by atoms with van der Waals surface area (Å²) < 4.78 is 41.3. The van der Waals surface area contributed by atoms with Crippen LogP contribution in [-0.4, -0.2) is 42.3 Å². The van der Waals surface area contributed by atoms with Crippen molar-refractivity contribution < 1.29 is 27.8 Å². The molecule has 8 heteroatoms. The number of hydrogen-bond acceptors (Lipinski definition) is 3. The van der Waals surface area contributed by atoms with Crippen LogP contribution in [0, 0.1) is 5.82 Å². The fraction of sp³-hybridized carbons (Fsp3) is 0.417. The lowest BCUT2D eigenvalue weighted by Crippen LogP contribution is -2.40. The lowest BCUT2D eigenvalue weighted by molar-refractivity contribution is -0.0521. The smallest absolute Gasteiger partial charge is 0.387 e. The topological polar surface area (TPSA) is 61.8 Å². The second-order valence-corrected chi connectivity index (χ2v) is 4.10. The van der Waals surface area contributed by atoms with E-state index in [0.717, 1.165) is 12.1 Å². The number of ether oxygens (including phenoxy) is 1. The van der Waals surface area contributed by atoms with Crippen molar-refractivity contribution in [1.82, 2.24) is 4.90 Å². The van der Waals surface area contributed by atoms with Crippen molar-refractivity contribution in [2.24, 2.45) is 0 Å². The van der Waals surface area contributed by atoms with Gasteiger partial charge in [0.2, 0.25) is 0 Å². The molecule has 1 aromatic rings. The quantitative estimate of drug-likeness (QED) is 0.875. The molecule has 2 amide bonds. The van der Waals surface area contributed by atoms with E-state index in [1.807, 2.05) is 0 Å². The van der Waals surface area contributed by atoms with Gasteiger partial charge < -0.3 is 20.1 Å². The summed E-state index contributed by atoms with van der Waals surface area (Å²) in [5, 5.41) is 11.3. The Kier molecular flexibility index (Phi) is 5.63. The number of amides is 2. The van der Waals surface area contributed by atoms with Crippen molar-refractivity contribution in [3.63, 3.8) is 0 Å². The average Bonchev–Trinajstić information content (AvgIpc) is 2.39. The third kappa shape index (κ3) is 4.30. The van der Waals surface area contributed by atoms with Gasteiger partial charge in [-0.1, -0.05) is 0 Å². The molecule has 1 atom stereocenters. The first-order valence-corrected chi connectivity index (χ1v) is 5.74. The molecule has 2 N–H and O–H groups in total. The summed E-state index contributed by atoms with van der Waals surface area (Å²) in [4.78, 5) is 12.9. The SMILES string of the molecule is CC(CO)N(C)C(=O)Nc1ccc(OC(F)F)c(F)c1. The van der Waals surface area contributed by atoms with Gasteiger partial charge in [0.1, 0.15) is 0 Å². The van der Waals surface area contributed by atoms with Gasteiger partial charge in [0, 0.05) is 18.8 Å². The first kappa shape index (κ1) is 16.1. The van der Waals surface area contributed by atoms with Crippen molar-refractivity contribution in [2.75, 3.05) is 19.0 Å². The molecule has 0 spiro atoms. The molecule has 20 heavy (non-hydrogen) atoms. The zero-order chi connectivity index (χ0) is 15.3. The summed E-state index contributed by atoms with van der Waals surface area (Å²) in [6.07, 6.45) is 0. The van der Waals surface area contributed by atoms with Crippen LogP contribution < -0.4 is 10.1 Å². The second kappa shape index (κ2) is 6.99. The number of hydrogen-bond donors (Lipinski definition) is 2. The minimum atomic E-state index is -3.12. The number of nitrogens with one attached hydrogen (secondary N) is 1. The zero-order valence-corrected chi connectivity index (χ0v) is 10.9. The third-order valence-electron chi connectivity index (χ3n) is 2.64. The lowest BCUT2D eigenvalue weighted by Gasteiger charge is -2.23. The Labute approximate surface area is 113 Å². The predicted octanol–water partition coefficient (Wildman–Crippen LogP) is 2.27.